The Bertz CT molecular complexity index is 918. The third kappa shape index (κ3) is 5.85. The zero-order valence-electron chi connectivity index (χ0n) is 20.3. The van der Waals surface area contributed by atoms with E-state index in [9.17, 15) is 19.2 Å². The molecule has 1 N–H and O–H groups in total. The zero-order chi connectivity index (χ0) is 24.7. The van der Waals surface area contributed by atoms with Crippen molar-refractivity contribution in [2.75, 3.05) is 20.2 Å². The number of allylic oxidation sites excluding steroid dienone is 2. The highest BCUT2D eigenvalue weighted by Crippen LogP contribution is 2.35. The summed E-state index contributed by atoms with van der Waals surface area (Å²) in [7, 11) is 1.57. The fourth-order valence-corrected chi connectivity index (χ4v) is 4.53. The van der Waals surface area contributed by atoms with Crippen molar-refractivity contribution in [1.29, 1.82) is 0 Å². The largest absolute Gasteiger partial charge is 0.497 e. The number of hydrogen-bond donors (Lipinski definition) is 1. The lowest BCUT2D eigenvalue weighted by atomic mass is 9.85. The summed E-state index contributed by atoms with van der Waals surface area (Å²) >= 11 is 0. The van der Waals surface area contributed by atoms with Gasteiger partial charge in [-0.2, -0.15) is 0 Å². The van der Waals surface area contributed by atoms with Gasteiger partial charge in [0, 0.05) is 26.1 Å². The molecule has 1 aliphatic heterocycles. The minimum atomic E-state index is -0.702. The molecule has 8 nitrogen and oxygen atoms in total. The monoisotopic (exact) mass is 469 g/mol. The highest BCUT2D eigenvalue weighted by Gasteiger charge is 2.47. The number of imide groups is 1. The maximum atomic E-state index is 13.3. The van der Waals surface area contributed by atoms with E-state index in [1.165, 1.54) is 9.80 Å². The summed E-state index contributed by atoms with van der Waals surface area (Å²) in [6.45, 7) is 4.54. The van der Waals surface area contributed by atoms with Crippen LogP contribution in [0.4, 0.5) is 0 Å². The van der Waals surface area contributed by atoms with Crippen LogP contribution < -0.4 is 10.1 Å². The van der Waals surface area contributed by atoms with Gasteiger partial charge in [0.25, 0.3) is 0 Å². The Balaban J connectivity index is 1.71. The topological polar surface area (TPSA) is 96.0 Å². The molecule has 3 rings (SSSR count). The molecule has 0 aromatic heterocycles. The van der Waals surface area contributed by atoms with Crippen molar-refractivity contribution in [2.45, 2.75) is 58.5 Å². The molecule has 8 heteroatoms. The predicted molar refractivity (Wildman–Crippen MR) is 128 cm³/mol. The van der Waals surface area contributed by atoms with E-state index >= 15 is 0 Å². The van der Waals surface area contributed by atoms with Crippen molar-refractivity contribution >= 4 is 23.6 Å². The molecule has 1 aliphatic carbocycles. The number of nitrogens with zero attached hydrogens (tertiary/aromatic N) is 2. The molecular weight excluding hydrogens is 434 g/mol. The molecule has 184 valence electrons. The van der Waals surface area contributed by atoms with E-state index in [4.69, 9.17) is 4.74 Å². The van der Waals surface area contributed by atoms with Crippen LogP contribution in [0.15, 0.2) is 36.4 Å². The number of fused-ring (bicyclic) bond motifs is 1. The summed E-state index contributed by atoms with van der Waals surface area (Å²) in [4.78, 5) is 54.3. The first-order valence-corrected chi connectivity index (χ1v) is 12.1. The second kappa shape index (κ2) is 11.8. The van der Waals surface area contributed by atoms with Gasteiger partial charge in [-0.1, -0.05) is 37.6 Å². The lowest BCUT2D eigenvalue weighted by Gasteiger charge is -2.29. The second-order valence-corrected chi connectivity index (χ2v) is 8.93. The lowest BCUT2D eigenvalue weighted by Crippen LogP contribution is -2.48. The fraction of sp³-hybridized carbons (Fsp3) is 0.538. The first kappa shape index (κ1) is 25.5. The number of nitrogens with one attached hydrogen (secondary N) is 1. The molecule has 3 atom stereocenters. The fourth-order valence-electron chi connectivity index (χ4n) is 4.53. The summed E-state index contributed by atoms with van der Waals surface area (Å²) < 4.78 is 5.29. The van der Waals surface area contributed by atoms with E-state index < -0.39 is 6.04 Å². The van der Waals surface area contributed by atoms with E-state index in [0.29, 0.717) is 25.1 Å². The number of unbranched alkanes of at least 4 members (excludes halogenated alkanes) is 1. The number of ether oxygens (including phenoxy) is 1. The third-order valence-electron chi connectivity index (χ3n) is 6.63. The number of amides is 4. The minimum Gasteiger partial charge on any atom is -0.497 e. The zero-order valence-corrected chi connectivity index (χ0v) is 20.3. The minimum absolute atomic E-state index is 0.0269. The van der Waals surface area contributed by atoms with E-state index in [-0.39, 0.29) is 55.0 Å². The molecule has 1 heterocycles. The summed E-state index contributed by atoms with van der Waals surface area (Å²) in [6, 6.07) is 6.64. The Morgan fingerprint density at radius 2 is 1.85 bits per heavy atom. The summed E-state index contributed by atoms with van der Waals surface area (Å²) in [5.41, 5.74) is 0.825. The second-order valence-electron chi connectivity index (χ2n) is 8.93. The molecule has 0 spiro atoms. The van der Waals surface area contributed by atoms with E-state index in [1.807, 2.05) is 43.3 Å². The Hall–Kier alpha value is -3.16. The van der Waals surface area contributed by atoms with Gasteiger partial charge in [0.15, 0.2) is 0 Å². The molecular formula is C26H35N3O5. The van der Waals surface area contributed by atoms with Gasteiger partial charge >= 0.3 is 0 Å². The Morgan fingerprint density at radius 3 is 2.47 bits per heavy atom. The van der Waals surface area contributed by atoms with E-state index in [2.05, 4.69) is 5.32 Å². The van der Waals surface area contributed by atoms with Crippen LogP contribution in [0.5, 0.6) is 5.75 Å². The van der Waals surface area contributed by atoms with Crippen LogP contribution in [0.2, 0.25) is 0 Å². The Labute approximate surface area is 201 Å². The van der Waals surface area contributed by atoms with Crippen LogP contribution in [0.1, 0.15) is 51.5 Å². The average molecular weight is 470 g/mol. The highest BCUT2D eigenvalue weighted by atomic mass is 16.5. The first-order chi connectivity index (χ1) is 16.4. The highest BCUT2D eigenvalue weighted by molar-refractivity contribution is 6.05. The van der Waals surface area contributed by atoms with Crippen LogP contribution in [-0.4, -0.2) is 59.7 Å². The number of rotatable bonds is 11. The Kier molecular flexibility index (Phi) is 8.85. The van der Waals surface area contributed by atoms with Crippen LogP contribution in [0, 0.1) is 11.8 Å². The van der Waals surface area contributed by atoms with Crippen molar-refractivity contribution in [3.05, 3.63) is 42.0 Å². The molecule has 0 saturated carbocycles. The van der Waals surface area contributed by atoms with E-state index in [0.717, 1.165) is 18.4 Å². The first-order valence-electron chi connectivity index (χ1n) is 12.1. The van der Waals surface area contributed by atoms with Crippen molar-refractivity contribution in [1.82, 2.24) is 15.1 Å². The van der Waals surface area contributed by atoms with Crippen molar-refractivity contribution < 1.29 is 23.9 Å². The van der Waals surface area contributed by atoms with Gasteiger partial charge in [-0.25, -0.2) is 0 Å². The average Bonchev–Trinajstić information content (AvgIpc) is 3.10. The third-order valence-corrected chi connectivity index (χ3v) is 6.63. The number of hydrogen-bond acceptors (Lipinski definition) is 5. The molecule has 2 aliphatic rings. The van der Waals surface area contributed by atoms with Crippen LogP contribution in [0.3, 0.4) is 0 Å². The van der Waals surface area contributed by atoms with Gasteiger partial charge in [0.2, 0.25) is 23.6 Å². The van der Waals surface area contributed by atoms with E-state index in [1.54, 1.807) is 14.0 Å². The maximum Gasteiger partial charge on any atom is 0.242 e. The quantitative estimate of drug-likeness (QED) is 0.305. The van der Waals surface area contributed by atoms with Crippen LogP contribution >= 0.6 is 0 Å². The molecule has 0 bridgehead atoms. The number of methoxy groups -OCH3 is 1. The molecule has 1 aromatic carbocycles. The maximum absolute atomic E-state index is 13.3. The number of carbonyl (C=O) groups excluding carboxylic acids is 4. The molecule has 1 saturated heterocycles. The van der Waals surface area contributed by atoms with Crippen LogP contribution in [0.25, 0.3) is 0 Å². The van der Waals surface area contributed by atoms with Crippen molar-refractivity contribution in [3.63, 3.8) is 0 Å². The summed E-state index contributed by atoms with van der Waals surface area (Å²) in [5, 5.41) is 2.89. The standard InChI is InChI=1S/C26H35N3O5/c1-4-5-14-27-24(31)18(2)29(17-19-9-8-10-20(16-19)34-3)23(30)13-15-28-25(32)21-11-6-7-12-22(21)26(28)33/h6-10,16,18,21-22H,4-5,11-15,17H2,1-3H3,(H,27,31)/t18-,21-,22+/m1/s1. The number of carbonyl (C=O) groups is 4. The number of benzene rings is 1. The SMILES string of the molecule is CCCCNC(=O)[C@@H](C)N(Cc1cccc(OC)c1)C(=O)CCN1C(=O)[C@H]2CC=CC[C@H]2C1=O. The Morgan fingerprint density at radius 1 is 1.18 bits per heavy atom. The normalized spacial score (nSPS) is 20.1. The summed E-state index contributed by atoms with van der Waals surface area (Å²) in [5.74, 6) is -0.875. The van der Waals surface area contributed by atoms with Gasteiger partial charge < -0.3 is 15.0 Å². The summed E-state index contributed by atoms with van der Waals surface area (Å²) in [6.07, 6.45) is 6.80. The molecule has 0 radical (unpaired) electrons. The van der Waals surface area contributed by atoms with Gasteiger partial charge in [0.1, 0.15) is 11.8 Å². The molecule has 1 aromatic rings. The van der Waals surface area contributed by atoms with Crippen molar-refractivity contribution in [3.8, 4) is 5.75 Å². The van der Waals surface area contributed by atoms with Gasteiger partial charge in [-0.05, 0) is 43.9 Å². The molecule has 4 amide bonds. The number of likely N-dealkylation sites (tertiary alicyclic amines) is 1. The smallest absolute Gasteiger partial charge is 0.242 e. The molecule has 34 heavy (non-hydrogen) atoms. The van der Waals surface area contributed by atoms with Gasteiger partial charge in [0.05, 0.1) is 18.9 Å². The molecule has 1 fully saturated rings. The molecule has 0 unspecified atom stereocenters. The predicted octanol–water partition coefficient (Wildman–Crippen LogP) is 2.67. The van der Waals surface area contributed by atoms with Crippen molar-refractivity contribution in [2.24, 2.45) is 11.8 Å². The van der Waals surface area contributed by atoms with Crippen LogP contribution in [-0.2, 0) is 25.7 Å². The van der Waals surface area contributed by atoms with Gasteiger partial charge in [-0.15, -0.1) is 0 Å². The van der Waals surface area contributed by atoms with Gasteiger partial charge in [-0.3, -0.25) is 24.1 Å². The lowest BCUT2D eigenvalue weighted by molar-refractivity contribution is -0.143.